The molecule has 1 aromatic carbocycles. The third-order valence-electron chi connectivity index (χ3n) is 4.95. The number of amides is 1. The fourth-order valence-corrected chi connectivity index (χ4v) is 3.75. The van der Waals surface area contributed by atoms with E-state index in [2.05, 4.69) is 20.8 Å². The fraction of sp³-hybridized carbons (Fsp3) is 0.471. The number of nitrogens with one attached hydrogen (secondary N) is 2. The zero-order chi connectivity index (χ0) is 15.6. The molecule has 1 amide bonds. The lowest BCUT2D eigenvalue weighted by Crippen LogP contribution is -2.39. The van der Waals surface area contributed by atoms with Crippen LogP contribution in [0.25, 0.3) is 11.4 Å². The Hall–Kier alpha value is -1.92. The second-order valence-corrected chi connectivity index (χ2v) is 6.43. The number of aromatic nitrogens is 2. The molecule has 1 aliphatic heterocycles. The Morgan fingerprint density at radius 2 is 2.00 bits per heavy atom. The Morgan fingerprint density at radius 3 is 2.71 bits per heavy atom. The molecule has 0 spiro atoms. The predicted molar refractivity (Wildman–Crippen MR) is 92.9 cm³/mol. The molecule has 4 rings (SSSR count). The van der Waals surface area contributed by atoms with Gasteiger partial charge < -0.3 is 15.2 Å². The van der Waals surface area contributed by atoms with Crippen molar-refractivity contribution in [3.05, 3.63) is 30.7 Å². The first-order valence-electron chi connectivity index (χ1n) is 8.23. The molecule has 2 N–H and O–H groups in total. The van der Waals surface area contributed by atoms with Gasteiger partial charge in [0.1, 0.15) is 0 Å². The van der Waals surface area contributed by atoms with Crippen molar-refractivity contribution in [1.82, 2.24) is 15.5 Å². The van der Waals surface area contributed by atoms with Crippen LogP contribution in [0, 0.1) is 5.92 Å². The van der Waals surface area contributed by atoms with Crippen LogP contribution >= 0.6 is 12.4 Å². The molecule has 1 aromatic heterocycles. The number of benzene rings is 1. The molecule has 3 atom stereocenters. The molecule has 1 saturated carbocycles. The highest BCUT2D eigenvalue weighted by atomic mass is 35.5. The Labute approximate surface area is 146 Å². The second kappa shape index (κ2) is 7.32. The number of carbonyl (C=O) groups excluding carboxylic acids is 1. The number of anilines is 1. The summed E-state index contributed by atoms with van der Waals surface area (Å²) in [5, 5.41) is 10.3. The van der Waals surface area contributed by atoms with Gasteiger partial charge in [0.25, 0.3) is 0 Å². The summed E-state index contributed by atoms with van der Waals surface area (Å²) in [6, 6.07) is 7.95. The van der Waals surface area contributed by atoms with Crippen molar-refractivity contribution < 1.29 is 9.32 Å². The Morgan fingerprint density at radius 1 is 1.21 bits per heavy atom. The molecule has 2 fully saturated rings. The van der Waals surface area contributed by atoms with Crippen molar-refractivity contribution in [1.29, 1.82) is 0 Å². The smallest absolute Gasteiger partial charge is 0.241 e. The summed E-state index contributed by atoms with van der Waals surface area (Å²) in [6.07, 6.45) is 7.29. The molecular formula is C17H21ClN4O2. The molecule has 0 bridgehead atoms. The highest BCUT2D eigenvalue weighted by Crippen LogP contribution is 2.33. The van der Waals surface area contributed by atoms with Crippen LogP contribution in [0.5, 0.6) is 0 Å². The van der Waals surface area contributed by atoms with Crippen molar-refractivity contribution >= 4 is 24.0 Å². The number of rotatable bonds is 3. The number of carbonyl (C=O) groups is 1. The van der Waals surface area contributed by atoms with Gasteiger partial charge in [0.15, 0.2) is 0 Å². The van der Waals surface area contributed by atoms with E-state index in [1.807, 2.05) is 24.3 Å². The highest BCUT2D eigenvalue weighted by Gasteiger charge is 2.38. The summed E-state index contributed by atoms with van der Waals surface area (Å²) in [7, 11) is 0. The predicted octanol–water partition coefficient (Wildman–Crippen LogP) is 3.02. The SMILES string of the molecule is Cl.O=C(Nc1ccc(-c2ncon2)cc1)C1CC2CCCCC2N1. The first-order chi connectivity index (χ1) is 11.3. The second-order valence-electron chi connectivity index (χ2n) is 6.43. The van der Waals surface area contributed by atoms with Gasteiger partial charge in [-0.2, -0.15) is 4.98 Å². The molecule has 128 valence electrons. The van der Waals surface area contributed by atoms with Crippen LogP contribution in [-0.4, -0.2) is 28.1 Å². The van der Waals surface area contributed by atoms with E-state index in [0.717, 1.165) is 17.7 Å². The third kappa shape index (κ3) is 3.44. The number of nitrogens with zero attached hydrogens (tertiary/aromatic N) is 2. The first-order valence-corrected chi connectivity index (χ1v) is 8.23. The van der Waals surface area contributed by atoms with Gasteiger partial charge in [-0.1, -0.05) is 18.0 Å². The summed E-state index contributed by atoms with van der Waals surface area (Å²) >= 11 is 0. The van der Waals surface area contributed by atoms with Gasteiger partial charge in [-0.05, 0) is 49.4 Å². The Kier molecular flexibility index (Phi) is 5.16. The third-order valence-corrected chi connectivity index (χ3v) is 4.95. The number of fused-ring (bicyclic) bond motifs is 1. The van der Waals surface area contributed by atoms with Crippen LogP contribution in [-0.2, 0) is 4.79 Å². The van der Waals surface area contributed by atoms with Gasteiger partial charge in [-0.25, -0.2) is 0 Å². The van der Waals surface area contributed by atoms with Crippen molar-refractivity contribution in [2.24, 2.45) is 5.92 Å². The van der Waals surface area contributed by atoms with Crippen LogP contribution in [0.3, 0.4) is 0 Å². The zero-order valence-electron chi connectivity index (χ0n) is 13.3. The van der Waals surface area contributed by atoms with E-state index in [0.29, 0.717) is 17.8 Å². The maximum Gasteiger partial charge on any atom is 0.241 e. The summed E-state index contributed by atoms with van der Waals surface area (Å²) < 4.78 is 4.74. The maximum absolute atomic E-state index is 12.5. The zero-order valence-corrected chi connectivity index (χ0v) is 14.1. The molecule has 2 aliphatic rings. The molecular weight excluding hydrogens is 328 g/mol. The van der Waals surface area contributed by atoms with Crippen LogP contribution in [0.1, 0.15) is 32.1 Å². The Balaban J connectivity index is 0.00000169. The monoisotopic (exact) mass is 348 g/mol. The van der Waals surface area contributed by atoms with Crippen LogP contribution in [0.2, 0.25) is 0 Å². The molecule has 6 nitrogen and oxygen atoms in total. The molecule has 2 heterocycles. The van der Waals surface area contributed by atoms with Crippen molar-refractivity contribution in [3.63, 3.8) is 0 Å². The van der Waals surface area contributed by atoms with Gasteiger partial charge in [0.05, 0.1) is 6.04 Å². The molecule has 7 heteroatoms. The largest absolute Gasteiger partial charge is 0.342 e. The summed E-state index contributed by atoms with van der Waals surface area (Å²) in [6.45, 7) is 0. The number of hydrogen-bond donors (Lipinski definition) is 2. The number of hydrogen-bond acceptors (Lipinski definition) is 5. The minimum Gasteiger partial charge on any atom is -0.342 e. The molecule has 24 heavy (non-hydrogen) atoms. The van der Waals surface area contributed by atoms with Crippen LogP contribution in [0.4, 0.5) is 5.69 Å². The minimum absolute atomic E-state index is 0. The minimum atomic E-state index is -0.0695. The van der Waals surface area contributed by atoms with Gasteiger partial charge in [0, 0.05) is 17.3 Å². The lowest BCUT2D eigenvalue weighted by Gasteiger charge is -2.24. The first kappa shape index (κ1) is 16.9. The molecule has 0 radical (unpaired) electrons. The van der Waals surface area contributed by atoms with Crippen molar-refractivity contribution in [3.8, 4) is 11.4 Å². The van der Waals surface area contributed by atoms with Gasteiger partial charge in [-0.3, -0.25) is 4.79 Å². The molecule has 2 aromatic rings. The van der Waals surface area contributed by atoms with Gasteiger partial charge >= 0.3 is 0 Å². The van der Waals surface area contributed by atoms with E-state index >= 15 is 0 Å². The van der Waals surface area contributed by atoms with Gasteiger partial charge in [-0.15, -0.1) is 12.4 Å². The summed E-state index contributed by atoms with van der Waals surface area (Å²) in [4.78, 5) is 16.5. The van der Waals surface area contributed by atoms with E-state index in [9.17, 15) is 4.79 Å². The number of halogens is 1. The van der Waals surface area contributed by atoms with Crippen molar-refractivity contribution in [2.75, 3.05) is 5.32 Å². The molecule has 1 saturated heterocycles. The van der Waals surface area contributed by atoms with Crippen LogP contribution < -0.4 is 10.6 Å². The highest BCUT2D eigenvalue weighted by molar-refractivity contribution is 5.95. The van der Waals surface area contributed by atoms with Gasteiger partial charge in [0.2, 0.25) is 18.1 Å². The standard InChI is InChI=1S/C17H20N4O2.ClH/c22-17(15-9-12-3-1-2-4-14(12)20-15)19-13-7-5-11(6-8-13)16-18-10-23-21-16;/h5-8,10,12,14-15,20H,1-4,9H2,(H,19,22);1H. The van der Waals surface area contributed by atoms with Crippen LogP contribution in [0.15, 0.2) is 35.2 Å². The molecule has 3 unspecified atom stereocenters. The van der Waals surface area contributed by atoms with E-state index < -0.39 is 0 Å². The topological polar surface area (TPSA) is 80.1 Å². The summed E-state index contributed by atoms with van der Waals surface area (Å²) in [5.41, 5.74) is 1.65. The van der Waals surface area contributed by atoms with Crippen molar-refractivity contribution in [2.45, 2.75) is 44.2 Å². The van der Waals surface area contributed by atoms with E-state index in [-0.39, 0.29) is 24.4 Å². The average molecular weight is 349 g/mol. The molecule has 1 aliphatic carbocycles. The normalized spacial score (nSPS) is 25.6. The lowest BCUT2D eigenvalue weighted by molar-refractivity contribution is -0.117. The average Bonchev–Trinajstić information content (AvgIpc) is 3.25. The summed E-state index contributed by atoms with van der Waals surface area (Å²) in [5.74, 6) is 1.27. The fourth-order valence-electron chi connectivity index (χ4n) is 3.75. The lowest BCUT2D eigenvalue weighted by atomic mass is 9.85. The quantitative estimate of drug-likeness (QED) is 0.891. The van der Waals surface area contributed by atoms with E-state index in [4.69, 9.17) is 4.52 Å². The van der Waals surface area contributed by atoms with E-state index in [1.165, 1.54) is 32.1 Å². The maximum atomic E-state index is 12.5. The Bertz CT molecular complexity index is 660. The van der Waals surface area contributed by atoms with E-state index in [1.54, 1.807) is 0 Å².